The van der Waals surface area contributed by atoms with Crippen molar-refractivity contribution in [2.45, 2.75) is 19.3 Å². The lowest BCUT2D eigenvalue weighted by molar-refractivity contribution is -0.0131. The first kappa shape index (κ1) is 9.32. The molecule has 1 rings (SSSR count). The van der Waals surface area contributed by atoms with Crippen LogP contribution in [0.3, 0.4) is 0 Å². The molecule has 0 saturated heterocycles. The fraction of sp³-hybridized carbons (Fsp3) is 0.429. The van der Waals surface area contributed by atoms with Crippen molar-refractivity contribution in [2.24, 2.45) is 0 Å². The zero-order chi connectivity index (χ0) is 9.19. The predicted molar refractivity (Wildman–Crippen MR) is 41.2 cm³/mol. The van der Waals surface area contributed by atoms with Crippen molar-refractivity contribution < 1.29 is 8.78 Å². The smallest absolute Gasteiger partial charge is 0.250 e. The maximum Gasteiger partial charge on any atom is 0.290 e. The van der Waals surface area contributed by atoms with Crippen LogP contribution in [0.5, 0.6) is 0 Å². The third-order valence-corrected chi connectivity index (χ3v) is 1.63. The summed E-state index contributed by atoms with van der Waals surface area (Å²) in [5, 5.41) is 0.116. The Morgan fingerprint density at radius 3 is 2.50 bits per heavy atom. The van der Waals surface area contributed by atoms with Gasteiger partial charge in [-0.3, -0.25) is 4.98 Å². The molecule has 1 aromatic rings. The zero-order valence-corrected chi connectivity index (χ0v) is 7.15. The van der Waals surface area contributed by atoms with Crippen LogP contribution in [-0.2, 0) is 5.92 Å². The molecule has 0 fully saturated rings. The van der Waals surface area contributed by atoms with Gasteiger partial charge in [-0.25, -0.2) is 4.98 Å². The maximum absolute atomic E-state index is 12.9. The highest BCUT2D eigenvalue weighted by Gasteiger charge is 2.30. The molecule has 66 valence electrons. The Morgan fingerprint density at radius 1 is 1.42 bits per heavy atom. The summed E-state index contributed by atoms with van der Waals surface area (Å²) in [5.41, 5.74) is -0.339. The molecule has 0 atom stereocenters. The molecule has 0 aliphatic carbocycles. The average Bonchev–Trinajstić information content (AvgIpc) is 2.05. The lowest BCUT2D eigenvalue weighted by atomic mass is 10.2. The molecule has 0 aliphatic heterocycles. The van der Waals surface area contributed by atoms with Crippen molar-refractivity contribution in [1.82, 2.24) is 9.97 Å². The Labute approximate surface area is 73.6 Å². The molecule has 0 bridgehead atoms. The minimum absolute atomic E-state index is 0.116. The first-order valence-electron chi connectivity index (χ1n) is 3.42. The number of rotatable bonds is 2. The van der Waals surface area contributed by atoms with Gasteiger partial charge >= 0.3 is 0 Å². The number of aromatic nitrogens is 2. The summed E-state index contributed by atoms with van der Waals surface area (Å²) >= 11 is 5.39. The van der Waals surface area contributed by atoms with Crippen molar-refractivity contribution in [1.29, 1.82) is 0 Å². The number of hydrogen-bond donors (Lipinski definition) is 0. The topological polar surface area (TPSA) is 25.8 Å². The molecule has 0 aromatic carbocycles. The molecule has 0 amide bonds. The summed E-state index contributed by atoms with van der Waals surface area (Å²) in [7, 11) is 0. The van der Waals surface area contributed by atoms with Crippen LogP contribution < -0.4 is 0 Å². The monoisotopic (exact) mass is 192 g/mol. The quantitative estimate of drug-likeness (QED) is 0.720. The van der Waals surface area contributed by atoms with E-state index in [1.165, 1.54) is 6.92 Å². The summed E-state index contributed by atoms with van der Waals surface area (Å²) in [6.45, 7) is 1.39. The van der Waals surface area contributed by atoms with E-state index in [1.807, 2.05) is 0 Å². The van der Waals surface area contributed by atoms with Gasteiger partial charge in [-0.1, -0.05) is 18.5 Å². The Hall–Kier alpha value is -0.770. The number of halogens is 3. The molecule has 2 nitrogen and oxygen atoms in total. The van der Waals surface area contributed by atoms with E-state index in [4.69, 9.17) is 11.6 Å². The second-order valence-electron chi connectivity index (χ2n) is 2.28. The van der Waals surface area contributed by atoms with E-state index in [2.05, 4.69) is 9.97 Å². The number of hydrogen-bond acceptors (Lipinski definition) is 2. The Kier molecular flexibility index (Phi) is 2.57. The molecular weight excluding hydrogens is 186 g/mol. The highest BCUT2D eigenvalue weighted by molar-refractivity contribution is 6.29. The van der Waals surface area contributed by atoms with Crippen LogP contribution in [0.1, 0.15) is 19.0 Å². The second kappa shape index (κ2) is 3.31. The van der Waals surface area contributed by atoms with Gasteiger partial charge in [-0.05, 0) is 0 Å². The molecule has 12 heavy (non-hydrogen) atoms. The molecular formula is C7H7ClF2N2. The number of nitrogens with zero attached hydrogens (tertiary/aromatic N) is 2. The first-order valence-corrected chi connectivity index (χ1v) is 3.80. The van der Waals surface area contributed by atoms with Gasteiger partial charge in [-0.2, -0.15) is 8.78 Å². The third-order valence-electron chi connectivity index (χ3n) is 1.44. The highest BCUT2D eigenvalue weighted by atomic mass is 35.5. The van der Waals surface area contributed by atoms with Crippen molar-refractivity contribution >= 4 is 11.6 Å². The first-order chi connectivity index (χ1) is 5.56. The molecule has 0 N–H and O–H groups in total. The lowest BCUT2D eigenvalue weighted by Crippen LogP contribution is -2.13. The molecule has 0 aliphatic rings. The van der Waals surface area contributed by atoms with Crippen molar-refractivity contribution in [3.8, 4) is 0 Å². The molecule has 5 heteroatoms. The number of alkyl halides is 2. The third kappa shape index (κ3) is 1.88. The van der Waals surface area contributed by atoms with Crippen molar-refractivity contribution in [2.75, 3.05) is 0 Å². The largest absolute Gasteiger partial charge is 0.290 e. The van der Waals surface area contributed by atoms with Gasteiger partial charge in [0.2, 0.25) is 0 Å². The van der Waals surface area contributed by atoms with Crippen LogP contribution in [0.2, 0.25) is 5.15 Å². The van der Waals surface area contributed by atoms with Crippen LogP contribution in [0, 0.1) is 0 Å². The van der Waals surface area contributed by atoms with Crippen molar-refractivity contribution in [3.05, 3.63) is 23.2 Å². The molecule has 1 aromatic heterocycles. The van der Waals surface area contributed by atoms with Gasteiger partial charge in [-0.15, -0.1) is 0 Å². The Balaban J connectivity index is 2.96. The Bertz CT molecular complexity index is 261. The summed E-state index contributed by atoms with van der Waals surface area (Å²) in [6.07, 6.45) is 1.82. The van der Waals surface area contributed by atoms with Crippen LogP contribution in [0.4, 0.5) is 8.78 Å². The lowest BCUT2D eigenvalue weighted by Gasteiger charge is -2.11. The Morgan fingerprint density at radius 2 is 2.08 bits per heavy atom. The zero-order valence-electron chi connectivity index (χ0n) is 6.39. The fourth-order valence-corrected chi connectivity index (χ4v) is 0.780. The summed E-state index contributed by atoms with van der Waals surface area (Å²) in [6, 6.07) is 0. The van der Waals surface area contributed by atoms with Crippen LogP contribution in [-0.4, -0.2) is 9.97 Å². The molecule has 0 unspecified atom stereocenters. The fourth-order valence-electron chi connectivity index (χ4n) is 0.682. The van der Waals surface area contributed by atoms with E-state index in [-0.39, 0.29) is 17.3 Å². The average molecular weight is 193 g/mol. The van der Waals surface area contributed by atoms with Crippen molar-refractivity contribution in [3.63, 3.8) is 0 Å². The predicted octanol–water partition coefficient (Wildman–Crippen LogP) is 2.63. The van der Waals surface area contributed by atoms with Gasteiger partial charge in [0.25, 0.3) is 5.92 Å². The van der Waals surface area contributed by atoms with Crippen LogP contribution in [0.25, 0.3) is 0 Å². The normalized spacial score (nSPS) is 11.7. The molecule has 1 heterocycles. The van der Waals surface area contributed by atoms with E-state index < -0.39 is 5.92 Å². The maximum atomic E-state index is 12.9. The van der Waals surface area contributed by atoms with Gasteiger partial charge in [0.1, 0.15) is 10.8 Å². The second-order valence-corrected chi connectivity index (χ2v) is 2.67. The summed E-state index contributed by atoms with van der Waals surface area (Å²) in [4.78, 5) is 6.99. The van der Waals surface area contributed by atoms with Gasteiger partial charge in [0.15, 0.2) is 0 Å². The van der Waals surface area contributed by atoms with E-state index >= 15 is 0 Å². The molecule has 0 radical (unpaired) electrons. The SMILES string of the molecule is CCC(F)(F)c1cnc(Cl)cn1. The van der Waals surface area contributed by atoms with E-state index in [9.17, 15) is 8.78 Å². The van der Waals surface area contributed by atoms with Crippen LogP contribution >= 0.6 is 11.6 Å². The minimum atomic E-state index is -2.91. The molecule has 0 saturated carbocycles. The van der Waals surface area contributed by atoms with Gasteiger partial charge in [0, 0.05) is 6.42 Å². The van der Waals surface area contributed by atoms with E-state index in [1.54, 1.807) is 0 Å². The summed E-state index contributed by atoms with van der Waals surface area (Å²) in [5.74, 6) is -2.91. The molecule has 0 spiro atoms. The highest BCUT2D eigenvalue weighted by Crippen LogP contribution is 2.28. The van der Waals surface area contributed by atoms with Gasteiger partial charge < -0.3 is 0 Å². The van der Waals surface area contributed by atoms with Gasteiger partial charge in [0.05, 0.1) is 12.4 Å². The van der Waals surface area contributed by atoms with E-state index in [0.717, 1.165) is 12.4 Å². The van der Waals surface area contributed by atoms with Crippen LogP contribution in [0.15, 0.2) is 12.4 Å². The standard InChI is InChI=1S/C7H7ClF2N2/c1-2-7(9,10)5-3-12-6(8)4-11-5/h3-4H,2H2,1H3. The minimum Gasteiger partial charge on any atom is -0.250 e. The van der Waals surface area contributed by atoms with E-state index in [0.29, 0.717) is 0 Å². The summed E-state index contributed by atoms with van der Waals surface area (Å²) < 4.78 is 25.7.